The zero-order valence-electron chi connectivity index (χ0n) is 9.90. The van der Waals surface area contributed by atoms with Crippen LogP contribution in [-0.4, -0.2) is 12.5 Å². The van der Waals surface area contributed by atoms with Gasteiger partial charge in [0.15, 0.2) is 0 Å². The molecule has 0 bridgehead atoms. The number of nitrogens with zero attached hydrogens (tertiary/aromatic N) is 1. The Morgan fingerprint density at radius 1 is 1.41 bits per heavy atom. The first-order chi connectivity index (χ1) is 8.26. The highest BCUT2D eigenvalue weighted by Crippen LogP contribution is 2.16. The van der Waals surface area contributed by atoms with Crippen LogP contribution in [0.2, 0.25) is 0 Å². The molecule has 4 nitrogen and oxygen atoms in total. The molecule has 1 N–H and O–H groups in total. The van der Waals surface area contributed by atoms with E-state index in [4.69, 9.17) is 10.00 Å². The fraction of sp³-hybridized carbons (Fsp3) is 0.385. The average Bonchev–Trinajstić information content (AvgIpc) is 2.32. The minimum atomic E-state index is -0.299. The Balaban J connectivity index is 2.45. The Morgan fingerprint density at radius 2 is 2.12 bits per heavy atom. The number of hydrogen-bond donors (Lipinski definition) is 1. The molecule has 1 amide bonds. The van der Waals surface area contributed by atoms with E-state index in [1.54, 1.807) is 30.3 Å². The van der Waals surface area contributed by atoms with Crippen molar-refractivity contribution in [2.75, 3.05) is 11.9 Å². The first-order valence-electron chi connectivity index (χ1n) is 5.66. The SMILES string of the molecule is CCCCOc1ccc(NC(=O)CC#N)cc1. The van der Waals surface area contributed by atoms with Crippen LogP contribution in [0.1, 0.15) is 26.2 Å². The first-order valence-corrected chi connectivity index (χ1v) is 5.66. The van der Waals surface area contributed by atoms with Crippen molar-refractivity contribution in [3.8, 4) is 11.8 Å². The van der Waals surface area contributed by atoms with Crippen LogP contribution in [0.5, 0.6) is 5.75 Å². The lowest BCUT2D eigenvalue weighted by molar-refractivity contribution is -0.115. The number of nitrogens with one attached hydrogen (secondary N) is 1. The number of benzene rings is 1. The second-order valence-corrected chi connectivity index (χ2v) is 3.61. The van der Waals surface area contributed by atoms with Crippen LogP contribution in [0.4, 0.5) is 5.69 Å². The number of carbonyl (C=O) groups excluding carboxylic acids is 1. The number of hydrogen-bond acceptors (Lipinski definition) is 3. The van der Waals surface area contributed by atoms with E-state index in [-0.39, 0.29) is 12.3 Å². The quantitative estimate of drug-likeness (QED) is 0.767. The first kappa shape index (κ1) is 13.0. The van der Waals surface area contributed by atoms with Crippen molar-refractivity contribution in [1.82, 2.24) is 0 Å². The van der Waals surface area contributed by atoms with Crippen LogP contribution in [0.3, 0.4) is 0 Å². The molecular weight excluding hydrogens is 216 g/mol. The number of ether oxygens (including phenoxy) is 1. The van der Waals surface area contributed by atoms with Crippen molar-refractivity contribution in [3.63, 3.8) is 0 Å². The molecule has 0 saturated carbocycles. The Bertz CT molecular complexity index is 393. The van der Waals surface area contributed by atoms with Crippen molar-refractivity contribution in [1.29, 1.82) is 5.26 Å². The van der Waals surface area contributed by atoms with Gasteiger partial charge in [0.2, 0.25) is 5.91 Å². The smallest absolute Gasteiger partial charge is 0.238 e. The Morgan fingerprint density at radius 3 is 2.71 bits per heavy atom. The second kappa shape index (κ2) is 7.29. The molecule has 0 radical (unpaired) electrons. The summed E-state index contributed by atoms with van der Waals surface area (Å²) < 4.78 is 5.49. The summed E-state index contributed by atoms with van der Waals surface area (Å²) in [4.78, 5) is 11.1. The third kappa shape index (κ3) is 5.03. The molecule has 0 aromatic heterocycles. The number of rotatable bonds is 6. The van der Waals surface area contributed by atoms with Crippen LogP contribution in [0, 0.1) is 11.3 Å². The Hall–Kier alpha value is -2.02. The van der Waals surface area contributed by atoms with Crippen molar-refractivity contribution in [2.45, 2.75) is 26.2 Å². The molecule has 1 aromatic carbocycles. The summed E-state index contributed by atoms with van der Waals surface area (Å²) in [6.07, 6.45) is 2.00. The van der Waals surface area contributed by atoms with E-state index in [0.29, 0.717) is 12.3 Å². The van der Waals surface area contributed by atoms with Gasteiger partial charge in [-0.15, -0.1) is 0 Å². The molecule has 0 aliphatic heterocycles. The molecule has 1 aromatic rings. The third-order valence-corrected chi connectivity index (χ3v) is 2.14. The molecule has 0 unspecified atom stereocenters. The molecular formula is C13H16N2O2. The van der Waals surface area contributed by atoms with Crippen LogP contribution in [0.15, 0.2) is 24.3 Å². The largest absolute Gasteiger partial charge is 0.494 e. The maximum atomic E-state index is 11.1. The number of unbranched alkanes of at least 4 members (excludes halogenated alkanes) is 1. The molecule has 0 saturated heterocycles. The number of nitriles is 1. The second-order valence-electron chi connectivity index (χ2n) is 3.61. The summed E-state index contributed by atoms with van der Waals surface area (Å²) in [7, 11) is 0. The maximum Gasteiger partial charge on any atom is 0.238 e. The molecule has 0 atom stereocenters. The minimum Gasteiger partial charge on any atom is -0.494 e. The van der Waals surface area contributed by atoms with Crippen LogP contribution in [0.25, 0.3) is 0 Å². The van der Waals surface area contributed by atoms with Gasteiger partial charge in [0.1, 0.15) is 12.2 Å². The lowest BCUT2D eigenvalue weighted by Crippen LogP contribution is -2.09. The van der Waals surface area contributed by atoms with E-state index in [0.717, 1.165) is 18.6 Å². The summed E-state index contributed by atoms with van der Waals surface area (Å²) in [6.45, 7) is 2.81. The zero-order valence-corrected chi connectivity index (χ0v) is 9.90. The highest BCUT2D eigenvalue weighted by atomic mass is 16.5. The van der Waals surface area contributed by atoms with Gasteiger partial charge >= 0.3 is 0 Å². The van der Waals surface area contributed by atoms with Gasteiger partial charge in [0, 0.05) is 5.69 Å². The van der Waals surface area contributed by atoms with Crippen molar-refractivity contribution in [2.24, 2.45) is 0 Å². The van der Waals surface area contributed by atoms with Gasteiger partial charge in [-0.1, -0.05) is 13.3 Å². The lowest BCUT2D eigenvalue weighted by atomic mass is 10.3. The summed E-state index contributed by atoms with van der Waals surface area (Å²) >= 11 is 0. The van der Waals surface area contributed by atoms with Gasteiger partial charge in [0.05, 0.1) is 12.7 Å². The summed E-state index contributed by atoms with van der Waals surface area (Å²) in [5.74, 6) is 0.490. The fourth-order valence-corrected chi connectivity index (χ4v) is 1.25. The molecule has 0 spiro atoms. The Labute approximate surface area is 101 Å². The van der Waals surface area contributed by atoms with Gasteiger partial charge in [0.25, 0.3) is 0 Å². The molecule has 0 heterocycles. The van der Waals surface area contributed by atoms with E-state index < -0.39 is 0 Å². The molecule has 1 rings (SSSR count). The minimum absolute atomic E-state index is 0.130. The average molecular weight is 232 g/mol. The molecule has 0 fully saturated rings. The summed E-state index contributed by atoms with van der Waals surface area (Å²) in [6, 6.07) is 8.92. The third-order valence-electron chi connectivity index (χ3n) is 2.14. The predicted molar refractivity (Wildman–Crippen MR) is 65.7 cm³/mol. The summed E-state index contributed by atoms with van der Waals surface area (Å²) in [5, 5.41) is 11.0. The topological polar surface area (TPSA) is 62.1 Å². The van der Waals surface area contributed by atoms with Crippen LogP contribution < -0.4 is 10.1 Å². The normalized spacial score (nSPS) is 9.41. The van der Waals surface area contributed by atoms with Crippen molar-refractivity contribution < 1.29 is 9.53 Å². The van der Waals surface area contributed by atoms with Crippen molar-refractivity contribution in [3.05, 3.63) is 24.3 Å². The van der Waals surface area contributed by atoms with E-state index in [2.05, 4.69) is 12.2 Å². The van der Waals surface area contributed by atoms with Gasteiger partial charge < -0.3 is 10.1 Å². The lowest BCUT2D eigenvalue weighted by Gasteiger charge is -2.07. The highest BCUT2D eigenvalue weighted by molar-refractivity contribution is 5.92. The van der Waals surface area contributed by atoms with Crippen LogP contribution >= 0.6 is 0 Å². The monoisotopic (exact) mass is 232 g/mol. The van der Waals surface area contributed by atoms with Gasteiger partial charge in [-0.25, -0.2) is 0 Å². The molecule has 17 heavy (non-hydrogen) atoms. The van der Waals surface area contributed by atoms with Gasteiger partial charge in [-0.05, 0) is 30.7 Å². The summed E-state index contributed by atoms with van der Waals surface area (Å²) in [5.41, 5.74) is 0.674. The number of carbonyl (C=O) groups is 1. The standard InChI is InChI=1S/C13H16N2O2/c1-2-3-10-17-12-6-4-11(5-7-12)15-13(16)8-9-14/h4-7H,2-3,8,10H2,1H3,(H,15,16). The van der Waals surface area contributed by atoms with E-state index in [1.807, 2.05) is 0 Å². The molecule has 4 heteroatoms. The molecule has 90 valence electrons. The number of anilines is 1. The van der Waals surface area contributed by atoms with Crippen molar-refractivity contribution >= 4 is 11.6 Å². The van der Waals surface area contributed by atoms with E-state index >= 15 is 0 Å². The molecule has 0 aliphatic carbocycles. The highest BCUT2D eigenvalue weighted by Gasteiger charge is 2.01. The van der Waals surface area contributed by atoms with E-state index in [9.17, 15) is 4.79 Å². The van der Waals surface area contributed by atoms with E-state index in [1.165, 1.54) is 0 Å². The fourth-order valence-electron chi connectivity index (χ4n) is 1.25. The molecule has 0 aliphatic rings. The van der Waals surface area contributed by atoms with Crippen LogP contribution in [-0.2, 0) is 4.79 Å². The maximum absolute atomic E-state index is 11.1. The zero-order chi connectivity index (χ0) is 12.5. The van der Waals surface area contributed by atoms with Gasteiger partial charge in [-0.2, -0.15) is 5.26 Å². The number of amides is 1. The van der Waals surface area contributed by atoms with Gasteiger partial charge in [-0.3, -0.25) is 4.79 Å². The Kier molecular flexibility index (Phi) is 5.59. The predicted octanol–water partition coefficient (Wildman–Crippen LogP) is 2.72.